The van der Waals surface area contributed by atoms with Crippen LogP contribution < -0.4 is 0 Å². The number of fused-ring (bicyclic) bond motifs is 1. The maximum atomic E-state index is 12.6. The van der Waals surface area contributed by atoms with E-state index in [-0.39, 0.29) is 17.0 Å². The highest BCUT2D eigenvalue weighted by atomic mass is 16.5. The number of carbonyl (C=O) groups is 2. The Balaban J connectivity index is 2.39. The number of aromatic hydroxyl groups is 1. The van der Waals surface area contributed by atoms with Crippen molar-refractivity contribution in [2.45, 2.75) is 19.8 Å². The molecule has 6 nitrogen and oxygen atoms in total. The van der Waals surface area contributed by atoms with Gasteiger partial charge in [0.2, 0.25) is 0 Å². The molecule has 0 aliphatic heterocycles. The molecule has 6 heteroatoms. The van der Waals surface area contributed by atoms with Gasteiger partial charge in [-0.05, 0) is 41.8 Å². The summed E-state index contributed by atoms with van der Waals surface area (Å²) in [5.41, 5.74) is 2.56. The predicted octanol–water partition coefficient (Wildman–Crippen LogP) is 4.03. The van der Waals surface area contributed by atoms with Gasteiger partial charge in [0.15, 0.2) is 0 Å². The van der Waals surface area contributed by atoms with Crippen LogP contribution in [0, 0.1) is 0 Å². The summed E-state index contributed by atoms with van der Waals surface area (Å²) in [6.45, 7) is 4.19. The van der Waals surface area contributed by atoms with E-state index in [9.17, 15) is 14.7 Å². The summed E-state index contributed by atoms with van der Waals surface area (Å²) in [7, 11) is 2.50. The number of hydrogen-bond acceptors (Lipinski definition) is 5. The first kappa shape index (κ1) is 18.5. The quantitative estimate of drug-likeness (QED) is 0.705. The van der Waals surface area contributed by atoms with Crippen molar-refractivity contribution < 1.29 is 24.2 Å². The van der Waals surface area contributed by atoms with Gasteiger partial charge in [-0.1, -0.05) is 26.0 Å². The van der Waals surface area contributed by atoms with Crippen LogP contribution in [-0.2, 0) is 9.47 Å². The normalized spacial score (nSPS) is 11.0. The molecule has 1 N–H and O–H groups in total. The lowest BCUT2D eigenvalue weighted by atomic mass is 10.0. The largest absolute Gasteiger partial charge is 0.508 e. The number of nitrogens with zero attached hydrogens (tertiary/aromatic N) is 1. The maximum Gasteiger partial charge on any atom is 0.355 e. The Hall–Kier alpha value is -3.28. The molecule has 0 fully saturated rings. The van der Waals surface area contributed by atoms with E-state index in [0.717, 1.165) is 5.56 Å². The number of benzene rings is 2. The van der Waals surface area contributed by atoms with Crippen LogP contribution in [0.25, 0.3) is 16.6 Å². The first-order valence-electron chi connectivity index (χ1n) is 8.53. The van der Waals surface area contributed by atoms with Gasteiger partial charge in [-0.25, -0.2) is 9.59 Å². The number of ether oxygens (including phenoxy) is 2. The van der Waals surface area contributed by atoms with Crippen molar-refractivity contribution in [2.24, 2.45) is 0 Å². The third-order valence-corrected chi connectivity index (χ3v) is 4.54. The highest BCUT2D eigenvalue weighted by Crippen LogP contribution is 2.33. The van der Waals surface area contributed by atoms with Gasteiger partial charge < -0.3 is 19.1 Å². The molecule has 27 heavy (non-hydrogen) atoms. The number of phenolic OH excluding ortho intramolecular Hbond substituents is 1. The number of aromatic nitrogens is 1. The zero-order valence-electron chi connectivity index (χ0n) is 15.6. The van der Waals surface area contributed by atoms with Crippen molar-refractivity contribution in [3.8, 4) is 11.4 Å². The van der Waals surface area contributed by atoms with Gasteiger partial charge in [-0.15, -0.1) is 0 Å². The molecule has 2 aromatic carbocycles. The molecular weight excluding hydrogens is 346 g/mol. The second kappa shape index (κ2) is 7.15. The molecule has 0 saturated heterocycles. The van der Waals surface area contributed by atoms with Gasteiger partial charge >= 0.3 is 11.9 Å². The van der Waals surface area contributed by atoms with Gasteiger partial charge in [0.25, 0.3) is 0 Å². The fourth-order valence-electron chi connectivity index (χ4n) is 3.15. The zero-order valence-corrected chi connectivity index (χ0v) is 15.6. The van der Waals surface area contributed by atoms with Crippen molar-refractivity contribution in [3.05, 3.63) is 59.3 Å². The van der Waals surface area contributed by atoms with E-state index in [2.05, 4.69) is 13.8 Å². The Morgan fingerprint density at radius 3 is 2.15 bits per heavy atom. The van der Waals surface area contributed by atoms with Crippen LogP contribution in [0.3, 0.4) is 0 Å². The molecule has 0 aliphatic rings. The molecular formula is C21H21NO5. The van der Waals surface area contributed by atoms with E-state index in [0.29, 0.717) is 22.5 Å². The first-order chi connectivity index (χ1) is 12.9. The van der Waals surface area contributed by atoms with E-state index in [1.54, 1.807) is 10.6 Å². The molecule has 1 aromatic heterocycles. The lowest BCUT2D eigenvalue weighted by Crippen LogP contribution is -2.15. The highest BCUT2D eigenvalue weighted by molar-refractivity contribution is 6.14. The third kappa shape index (κ3) is 3.14. The van der Waals surface area contributed by atoms with E-state index in [1.807, 2.05) is 24.3 Å². The average Bonchev–Trinajstić information content (AvgIpc) is 3.00. The fraction of sp³-hybridized carbons (Fsp3) is 0.238. The predicted molar refractivity (Wildman–Crippen MR) is 102 cm³/mol. The van der Waals surface area contributed by atoms with Crippen LogP contribution in [0.1, 0.15) is 46.2 Å². The summed E-state index contributed by atoms with van der Waals surface area (Å²) in [5.74, 6) is -0.998. The van der Waals surface area contributed by atoms with Crippen molar-refractivity contribution in [1.82, 2.24) is 4.57 Å². The van der Waals surface area contributed by atoms with E-state index >= 15 is 0 Å². The standard InChI is InChI=1S/C21H21NO5/c1-12(2)13-5-7-14(8-6-13)22-17-10-9-15(23)11-16(17)18(20(24)26-3)19(22)21(25)27-4/h5-12,23H,1-4H3. The van der Waals surface area contributed by atoms with E-state index in [4.69, 9.17) is 9.47 Å². The summed E-state index contributed by atoms with van der Waals surface area (Å²) < 4.78 is 11.5. The molecule has 0 radical (unpaired) electrons. The van der Waals surface area contributed by atoms with Crippen LogP contribution in [0.2, 0.25) is 0 Å². The number of esters is 2. The number of rotatable bonds is 4. The van der Waals surface area contributed by atoms with Crippen LogP contribution in [0.5, 0.6) is 5.75 Å². The first-order valence-corrected chi connectivity index (χ1v) is 8.53. The smallest absolute Gasteiger partial charge is 0.355 e. The van der Waals surface area contributed by atoms with Crippen LogP contribution in [0.15, 0.2) is 42.5 Å². The Labute approximate surface area is 156 Å². The second-order valence-electron chi connectivity index (χ2n) is 6.49. The molecule has 0 bridgehead atoms. The maximum absolute atomic E-state index is 12.6. The van der Waals surface area contributed by atoms with Gasteiger partial charge in [-0.2, -0.15) is 0 Å². The van der Waals surface area contributed by atoms with Crippen LogP contribution >= 0.6 is 0 Å². The summed E-state index contributed by atoms with van der Waals surface area (Å²) in [5, 5.41) is 10.3. The number of phenols is 1. The van der Waals surface area contributed by atoms with Crippen molar-refractivity contribution >= 4 is 22.8 Å². The Morgan fingerprint density at radius 1 is 0.963 bits per heavy atom. The second-order valence-corrected chi connectivity index (χ2v) is 6.49. The molecule has 0 aliphatic carbocycles. The third-order valence-electron chi connectivity index (χ3n) is 4.54. The van der Waals surface area contributed by atoms with Gasteiger partial charge in [0.05, 0.1) is 19.7 Å². The van der Waals surface area contributed by atoms with Crippen molar-refractivity contribution in [2.75, 3.05) is 14.2 Å². The monoisotopic (exact) mass is 367 g/mol. The lowest BCUT2D eigenvalue weighted by molar-refractivity contribution is 0.0551. The minimum Gasteiger partial charge on any atom is -0.508 e. The SMILES string of the molecule is COC(=O)c1c(C(=O)OC)n(-c2ccc(C(C)C)cc2)c2ccc(O)cc12. The molecule has 0 saturated carbocycles. The summed E-state index contributed by atoms with van der Waals surface area (Å²) >= 11 is 0. The van der Waals surface area contributed by atoms with Gasteiger partial charge in [0.1, 0.15) is 17.0 Å². The number of methoxy groups -OCH3 is 2. The summed E-state index contributed by atoms with van der Waals surface area (Å²) in [6.07, 6.45) is 0. The molecule has 3 aromatic rings. The lowest BCUT2D eigenvalue weighted by Gasteiger charge is -2.12. The number of carbonyl (C=O) groups excluding carboxylic acids is 2. The van der Waals surface area contributed by atoms with Gasteiger partial charge in [0, 0.05) is 11.1 Å². The minimum atomic E-state index is -0.677. The minimum absolute atomic E-state index is 0.0172. The molecule has 3 rings (SSSR count). The van der Waals surface area contributed by atoms with E-state index in [1.165, 1.54) is 26.4 Å². The molecule has 0 atom stereocenters. The fourth-order valence-corrected chi connectivity index (χ4v) is 3.15. The molecule has 140 valence electrons. The average molecular weight is 367 g/mol. The highest BCUT2D eigenvalue weighted by Gasteiger charge is 2.29. The van der Waals surface area contributed by atoms with Gasteiger partial charge in [-0.3, -0.25) is 0 Å². The Kier molecular flexibility index (Phi) is 4.90. The molecule has 0 unspecified atom stereocenters. The van der Waals surface area contributed by atoms with Crippen LogP contribution in [0.4, 0.5) is 0 Å². The van der Waals surface area contributed by atoms with Crippen molar-refractivity contribution in [1.29, 1.82) is 0 Å². The topological polar surface area (TPSA) is 77.8 Å². The van der Waals surface area contributed by atoms with E-state index < -0.39 is 11.9 Å². The molecule has 1 heterocycles. The van der Waals surface area contributed by atoms with Crippen LogP contribution in [-0.4, -0.2) is 35.8 Å². The molecule has 0 amide bonds. The molecule has 0 spiro atoms. The summed E-state index contributed by atoms with van der Waals surface area (Å²) in [4.78, 5) is 25.0. The Morgan fingerprint density at radius 2 is 1.59 bits per heavy atom. The van der Waals surface area contributed by atoms with Crippen molar-refractivity contribution in [3.63, 3.8) is 0 Å². The Bertz CT molecular complexity index is 1020. The number of hydrogen-bond donors (Lipinski definition) is 1. The summed E-state index contributed by atoms with van der Waals surface area (Å²) in [6, 6.07) is 12.3. The zero-order chi connectivity index (χ0) is 19.7.